The first kappa shape index (κ1) is 21.9. The molecule has 0 fully saturated rings. The minimum atomic E-state index is -0.542. The van der Waals surface area contributed by atoms with Gasteiger partial charge in [-0.2, -0.15) is 0 Å². The number of benzene rings is 1. The van der Waals surface area contributed by atoms with Gasteiger partial charge in [0.25, 0.3) is 5.56 Å². The normalized spacial score (nSPS) is 14.8. The molecule has 174 valence electrons. The van der Waals surface area contributed by atoms with E-state index in [0.29, 0.717) is 37.4 Å². The molecular weight excluding hydrogens is 428 g/mol. The van der Waals surface area contributed by atoms with Crippen molar-refractivity contribution in [3.8, 4) is 0 Å². The number of hydrogen-bond donors (Lipinski definition) is 2. The van der Waals surface area contributed by atoms with Crippen LogP contribution in [0.1, 0.15) is 41.4 Å². The van der Waals surface area contributed by atoms with Gasteiger partial charge in [0.2, 0.25) is 5.91 Å². The second-order valence-electron chi connectivity index (χ2n) is 8.70. The van der Waals surface area contributed by atoms with E-state index in [1.54, 1.807) is 17.0 Å². The smallest absolute Gasteiger partial charge is 0.277 e. The van der Waals surface area contributed by atoms with Crippen molar-refractivity contribution < 1.29 is 4.79 Å². The third kappa shape index (κ3) is 4.31. The van der Waals surface area contributed by atoms with Gasteiger partial charge in [0.1, 0.15) is 17.6 Å². The van der Waals surface area contributed by atoms with Crippen LogP contribution in [0.25, 0.3) is 5.52 Å². The number of fused-ring (bicyclic) bond motifs is 2. The molecule has 0 spiro atoms. The molecule has 0 radical (unpaired) electrons. The second-order valence-corrected chi connectivity index (χ2v) is 8.70. The number of nitrogens with one attached hydrogen (secondary N) is 2. The monoisotopic (exact) mass is 456 g/mol. The second kappa shape index (κ2) is 9.51. The number of carbonyl (C=O) groups excluding carboxylic acids is 1. The number of aromatic nitrogens is 4. The van der Waals surface area contributed by atoms with Crippen molar-refractivity contribution >= 4 is 17.1 Å². The third-order valence-corrected chi connectivity index (χ3v) is 6.53. The number of carbonyl (C=O) groups is 1. The van der Waals surface area contributed by atoms with E-state index in [0.717, 1.165) is 29.5 Å². The number of nitrogens with zero attached hydrogens (tertiary/aromatic N) is 4. The lowest BCUT2D eigenvalue weighted by atomic mass is 10.1. The molecule has 8 nitrogen and oxygen atoms in total. The van der Waals surface area contributed by atoms with Crippen LogP contribution in [0.2, 0.25) is 0 Å². The maximum Gasteiger partial charge on any atom is 0.277 e. The van der Waals surface area contributed by atoms with Crippen LogP contribution in [-0.2, 0) is 24.2 Å². The molecule has 4 heterocycles. The topological polar surface area (TPSA) is 93.3 Å². The van der Waals surface area contributed by atoms with E-state index in [1.165, 1.54) is 5.56 Å². The highest BCUT2D eigenvalue weighted by Gasteiger charge is 2.31. The molecule has 34 heavy (non-hydrogen) atoms. The van der Waals surface area contributed by atoms with Crippen molar-refractivity contribution in [3.05, 3.63) is 94.2 Å². The van der Waals surface area contributed by atoms with Gasteiger partial charge in [-0.1, -0.05) is 30.3 Å². The van der Waals surface area contributed by atoms with E-state index in [4.69, 9.17) is 0 Å². The summed E-state index contributed by atoms with van der Waals surface area (Å²) in [6, 6.07) is 9.73. The quantitative estimate of drug-likeness (QED) is 0.398. The van der Waals surface area contributed by atoms with E-state index < -0.39 is 6.04 Å². The number of anilines is 1. The van der Waals surface area contributed by atoms with E-state index in [1.807, 2.05) is 48.1 Å². The fourth-order valence-electron chi connectivity index (χ4n) is 4.62. The van der Waals surface area contributed by atoms with Gasteiger partial charge in [-0.3, -0.25) is 19.1 Å². The van der Waals surface area contributed by atoms with Gasteiger partial charge in [0, 0.05) is 38.1 Å². The van der Waals surface area contributed by atoms with Crippen LogP contribution < -0.4 is 16.2 Å². The molecule has 0 unspecified atom stereocenters. The van der Waals surface area contributed by atoms with Gasteiger partial charge >= 0.3 is 0 Å². The predicted molar refractivity (Wildman–Crippen MR) is 131 cm³/mol. The molecule has 0 bridgehead atoms. The van der Waals surface area contributed by atoms with Crippen LogP contribution in [0, 0.1) is 6.92 Å². The largest absolute Gasteiger partial charge is 0.379 e. The maximum absolute atomic E-state index is 13.2. The Bertz CT molecular complexity index is 1380. The first-order valence-corrected chi connectivity index (χ1v) is 11.7. The molecule has 1 aliphatic rings. The Morgan fingerprint density at radius 1 is 1.21 bits per heavy atom. The Morgan fingerprint density at radius 3 is 2.88 bits per heavy atom. The summed E-state index contributed by atoms with van der Waals surface area (Å²) in [6.45, 7) is 3.09. The number of aryl methyl sites for hydroxylation is 3. The fourth-order valence-corrected chi connectivity index (χ4v) is 4.62. The Labute approximate surface area is 197 Å². The molecule has 0 aliphatic carbocycles. The highest BCUT2D eigenvalue weighted by atomic mass is 16.2. The molecule has 1 amide bonds. The zero-order valence-electron chi connectivity index (χ0n) is 19.2. The third-order valence-electron chi connectivity index (χ3n) is 6.53. The van der Waals surface area contributed by atoms with Gasteiger partial charge in [-0.05, 0) is 42.9 Å². The van der Waals surface area contributed by atoms with Gasteiger partial charge in [-0.15, -0.1) is 0 Å². The van der Waals surface area contributed by atoms with Crippen molar-refractivity contribution in [1.82, 2.24) is 24.3 Å². The van der Waals surface area contributed by atoms with Gasteiger partial charge < -0.3 is 15.0 Å². The number of hydrogen-bond acceptors (Lipinski definition) is 5. The summed E-state index contributed by atoms with van der Waals surface area (Å²) in [6.07, 6.45) is 12.1. The first-order chi connectivity index (χ1) is 16.6. The molecule has 4 aromatic rings. The van der Waals surface area contributed by atoms with Crippen LogP contribution in [-0.4, -0.2) is 31.4 Å². The standard InChI is InChI=1S/C26H28N6O2/c1-18-20(17-31-13-12-27-16-23(18)31)14-30-25(33)22-9-10-24-29-15-21(26(34)32(22)24)28-11-5-8-19-6-3-2-4-7-19/h2-4,6-7,12-13,15-17,22,28H,5,8-11,14H2,1H3,(H,30,33)/t22-/m0/s1. The average molecular weight is 457 g/mol. The molecule has 0 saturated carbocycles. The summed E-state index contributed by atoms with van der Waals surface area (Å²) >= 11 is 0. The van der Waals surface area contributed by atoms with Crippen molar-refractivity contribution in [2.24, 2.45) is 0 Å². The predicted octanol–water partition coefficient (Wildman–Crippen LogP) is 3.05. The summed E-state index contributed by atoms with van der Waals surface area (Å²) in [5, 5.41) is 6.24. The first-order valence-electron chi connectivity index (χ1n) is 11.7. The number of rotatable bonds is 8. The minimum absolute atomic E-state index is 0.156. The van der Waals surface area contributed by atoms with E-state index in [9.17, 15) is 9.59 Å². The Kier molecular flexibility index (Phi) is 6.12. The molecule has 1 aromatic carbocycles. The molecule has 0 saturated heterocycles. The lowest BCUT2D eigenvalue weighted by Crippen LogP contribution is -2.36. The molecule has 5 rings (SSSR count). The molecule has 1 aliphatic heterocycles. The van der Waals surface area contributed by atoms with Crippen LogP contribution in [0.4, 0.5) is 5.69 Å². The summed E-state index contributed by atoms with van der Waals surface area (Å²) in [7, 11) is 0. The zero-order chi connectivity index (χ0) is 23.5. The SMILES string of the molecule is Cc1c(CNC(=O)[C@@H]2CCc3ncc(NCCCc4ccccc4)c(=O)n32)cn2ccncc12. The number of amides is 1. The molecule has 3 aromatic heterocycles. The molecule has 2 N–H and O–H groups in total. The van der Waals surface area contributed by atoms with Crippen LogP contribution in [0.15, 0.2) is 66.1 Å². The molecule has 1 atom stereocenters. The lowest BCUT2D eigenvalue weighted by molar-refractivity contribution is -0.124. The fraction of sp³-hybridized carbons (Fsp3) is 0.308. The molecular formula is C26H28N6O2. The molecule has 8 heteroatoms. The van der Waals surface area contributed by atoms with Crippen molar-refractivity contribution in [2.45, 2.75) is 45.2 Å². The minimum Gasteiger partial charge on any atom is -0.379 e. The Balaban J connectivity index is 1.24. The van der Waals surface area contributed by atoms with Crippen LogP contribution in [0.5, 0.6) is 0 Å². The highest BCUT2D eigenvalue weighted by molar-refractivity contribution is 5.81. The average Bonchev–Trinajstić information content (AvgIpc) is 3.44. The van der Waals surface area contributed by atoms with Crippen LogP contribution in [0.3, 0.4) is 0 Å². The van der Waals surface area contributed by atoms with Gasteiger partial charge in [-0.25, -0.2) is 4.98 Å². The summed E-state index contributed by atoms with van der Waals surface area (Å²) < 4.78 is 3.56. The van der Waals surface area contributed by atoms with Gasteiger partial charge in [0.15, 0.2) is 0 Å². The van der Waals surface area contributed by atoms with Crippen molar-refractivity contribution in [1.29, 1.82) is 0 Å². The van der Waals surface area contributed by atoms with Crippen molar-refractivity contribution in [3.63, 3.8) is 0 Å². The van der Waals surface area contributed by atoms with Crippen molar-refractivity contribution in [2.75, 3.05) is 11.9 Å². The Morgan fingerprint density at radius 2 is 2.06 bits per heavy atom. The van der Waals surface area contributed by atoms with Gasteiger partial charge in [0.05, 0.1) is 17.9 Å². The maximum atomic E-state index is 13.2. The van der Waals surface area contributed by atoms with E-state index in [2.05, 4.69) is 32.7 Å². The Hall–Kier alpha value is -3.94. The van der Waals surface area contributed by atoms with Crippen LogP contribution >= 0.6 is 0 Å². The van der Waals surface area contributed by atoms with E-state index in [-0.39, 0.29) is 11.5 Å². The van der Waals surface area contributed by atoms with E-state index >= 15 is 0 Å². The highest BCUT2D eigenvalue weighted by Crippen LogP contribution is 2.24. The lowest BCUT2D eigenvalue weighted by Gasteiger charge is -2.16. The summed E-state index contributed by atoms with van der Waals surface area (Å²) in [4.78, 5) is 34.8. The summed E-state index contributed by atoms with van der Waals surface area (Å²) in [5.74, 6) is 0.508. The zero-order valence-corrected chi connectivity index (χ0v) is 19.2. The summed E-state index contributed by atoms with van der Waals surface area (Å²) in [5.41, 5.74) is 4.66.